The molecule has 0 aliphatic heterocycles. The third-order valence-electron chi connectivity index (χ3n) is 3.67. The van der Waals surface area contributed by atoms with Crippen molar-refractivity contribution < 1.29 is 4.42 Å². The van der Waals surface area contributed by atoms with E-state index in [4.69, 9.17) is 4.42 Å². The highest BCUT2D eigenvalue weighted by molar-refractivity contribution is 14.1. The van der Waals surface area contributed by atoms with Crippen LogP contribution < -0.4 is 0 Å². The first-order valence-electron chi connectivity index (χ1n) is 6.80. The molecule has 0 saturated heterocycles. The monoisotopic (exact) mass is 385 g/mol. The van der Waals surface area contributed by atoms with E-state index >= 15 is 0 Å². The molecule has 2 aromatic heterocycles. The number of benzene rings is 2. The minimum Gasteiger partial charge on any atom is -0.456 e. The van der Waals surface area contributed by atoms with Gasteiger partial charge in [-0.15, -0.1) is 0 Å². The molecule has 3 heteroatoms. The van der Waals surface area contributed by atoms with E-state index in [0.717, 1.165) is 17.6 Å². The zero-order valence-corrected chi connectivity index (χ0v) is 13.4. The third kappa shape index (κ3) is 2.21. The second-order valence-corrected chi connectivity index (χ2v) is 6.21. The summed E-state index contributed by atoms with van der Waals surface area (Å²) >= 11 is 2.38. The van der Waals surface area contributed by atoms with Crippen molar-refractivity contribution in [1.82, 2.24) is 4.98 Å². The van der Waals surface area contributed by atoms with Crippen molar-refractivity contribution in [3.05, 3.63) is 75.6 Å². The Morgan fingerprint density at radius 2 is 1.90 bits per heavy atom. The van der Waals surface area contributed by atoms with Crippen LogP contribution in [0.1, 0.15) is 11.1 Å². The normalized spacial score (nSPS) is 11.3. The van der Waals surface area contributed by atoms with E-state index in [1.54, 1.807) is 6.20 Å². The fraction of sp³-hybridized carbons (Fsp3) is 0.0556. The summed E-state index contributed by atoms with van der Waals surface area (Å²) in [4.78, 5) is 4.19. The van der Waals surface area contributed by atoms with Crippen LogP contribution in [-0.4, -0.2) is 4.98 Å². The number of aromatic nitrogens is 1. The lowest BCUT2D eigenvalue weighted by atomic mass is 10.0. The molecule has 0 atom stereocenters. The fourth-order valence-electron chi connectivity index (χ4n) is 2.70. The predicted molar refractivity (Wildman–Crippen MR) is 93.5 cm³/mol. The Morgan fingerprint density at radius 1 is 1.00 bits per heavy atom. The highest BCUT2D eigenvalue weighted by Crippen LogP contribution is 2.34. The van der Waals surface area contributed by atoms with Gasteiger partial charge in [0.1, 0.15) is 11.2 Å². The molecule has 0 unspecified atom stereocenters. The summed E-state index contributed by atoms with van der Waals surface area (Å²) in [5, 5.41) is 2.40. The Morgan fingerprint density at radius 3 is 2.76 bits per heavy atom. The number of nitrogens with zero attached hydrogens (tertiary/aromatic N) is 1. The highest BCUT2D eigenvalue weighted by Gasteiger charge is 2.13. The van der Waals surface area contributed by atoms with Crippen LogP contribution in [0, 0.1) is 3.57 Å². The molecule has 21 heavy (non-hydrogen) atoms. The van der Waals surface area contributed by atoms with Crippen LogP contribution in [0.2, 0.25) is 0 Å². The number of halogens is 1. The van der Waals surface area contributed by atoms with Crippen LogP contribution in [-0.2, 0) is 6.42 Å². The van der Waals surface area contributed by atoms with Crippen molar-refractivity contribution in [2.24, 2.45) is 0 Å². The summed E-state index contributed by atoms with van der Waals surface area (Å²) in [6.45, 7) is 0. The summed E-state index contributed by atoms with van der Waals surface area (Å²) in [6.07, 6.45) is 4.54. The van der Waals surface area contributed by atoms with E-state index in [-0.39, 0.29) is 0 Å². The van der Waals surface area contributed by atoms with Gasteiger partial charge in [0.15, 0.2) is 0 Å². The van der Waals surface area contributed by atoms with Gasteiger partial charge in [0, 0.05) is 33.2 Å². The van der Waals surface area contributed by atoms with Gasteiger partial charge < -0.3 is 4.42 Å². The standard InChI is InChI=1S/C18H12INO/c19-15-8-7-13(10-12-4-3-9-20-11-12)18-17(15)14-5-1-2-6-16(14)21-18/h1-9,11H,10H2. The third-order valence-corrected chi connectivity index (χ3v) is 4.57. The molecule has 4 rings (SSSR count). The number of fused-ring (bicyclic) bond motifs is 3. The Kier molecular flexibility index (Phi) is 3.15. The zero-order valence-electron chi connectivity index (χ0n) is 11.2. The quantitative estimate of drug-likeness (QED) is 0.445. The lowest BCUT2D eigenvalue weighted by Gasteiger charge is -2.03. The molecule has 0 amide bonds. The van der Waals surface area contributed by atoms with E-state index in [0.29, 0.717) is 0 Å². The van der Waals surface area contributed by atoms with Gasteiger partial charge in [-0.1, -0.05) is 30.3 Å². The lowest BCUT2D eigenvalue weighted by Crippen LogP contribution is -1.90. The van der Waals surface area contributed by atoms with Gasteiger partial charge in [-0.25, -0.2) is 0 Å². The van der Waals surface area contributed by atoms with Crippen molar-refractivity contribution in [3.63, 3.8) is 0 Å². The van der Waals surface area contributed by atoms with Gasteiger partial charge in [-0.3, -0.25) is 4.98 Å². The van der Waals surface area contributed by atoms with Crippen LogP contribution in [0.25, 0.3) is 21.9 Å². The van der Waals surface area contributed by atoms with Gasteiger partial charge in [-0.05, 0) is 51.9 Å². The fourth-order valence-corrected chi connectivity index (χ4v) is 3.42. The van der Waals surface area contributed by atoms with Crippen LogP contribution >= 0.6 is 22.6 Å². The van der Waals surface area contributed by atoms with E-state index in [1.807, 2.05) is 24.4 Å². The zero-order chi connectivity index (χ0) is 14.2. The molecular weight excluding hydrogens is 373 g/mol. The van der Waals surface area contributed by atoms with Crippen molar-refractivity contribution in [3.8, 4) is 0 Å². The molecule has 0 spiro atoms. The minimum absolute atomic E-state index is 0.834. The highest BCUT2D eigenvalue weighted by atomic mass is 127. The van der Waals surface area contributed by atoms with Crippen molar-refractivity contribution in [1.29, 1.82) is 0 Å². The van der Waals surface area contributed by atoms with E-state index in [9.17, 15) is 0 Å². The van der Waals surface area contributed by atoms with Gasteiger partial charge >= 0.3 is 0 Å². The average Bonchev–Trinajstić information content (AvgIpc) is 2.92. The van der Waals surface area contributed by atoms with Gasteiger partial charge in [0.25, 0.3) is 0 Å². The molecule has 0 radical (unpaired) electrons. The second-order valence-electron chi connectivity index (χ2n) is 5.05. The van der Waals surface area contributed by atoms with E-state index < -0.39 is 0 Å². The van der Waals surface area contributed by atoms with E-state index in [1.165, 1.54) is 25.5 Å². The number of hydrogen-bond donors (Lipinski definition) is 0. The van der Waals surface area contributed by atoms with E-state index in [2.05, 4.69) is 57.9 Å². The number of rotatable bonds is 2. The van der Waals surface area contributed by atoms with Gasteiger partial charge in [0.2, 0.25) is 0 Å². The Hall–Kier alpha value is -1.88. The van der Waals surface area contributed by atoms with Crippen LogP contribution in [0.15, 0.2) is 65.3 Å². The molecule has 0 aliphatic rings. The molecule has 0 bridgehead atoms. The molecule has 4 aromatic rings. The maximum atomic E-state index is 6.11. The molecule has 0 saturated carbocycles. The predicted octanol–water partition coefficient (Wildman–Crippen LogP) is 5.18. The first-order valence-corrected chi connectivity index (χ1v) is 7.88. The van der Waals surface area contributed by atoms with Crippen LogP contribution in [0.4, 0.5) is 0 Å². The first-order chi connectivity index (χ1) is 10.3. The summed E-state index contributed by atoms with van der Waals surface area (Å²) in [6, 6.07) is 16.6. The number of hydrogen-bond acceptors (Lipinski definition) is 2. The van der Waals surface area contributed by atoms with Crippen molar-refractivity contribution in [2.45, 2.75) is 6.42 Å². The first kappa shape index (κ1) is 12.8. The number of para-hydroxylation sites is 1. The molecule has 2 nitrogen and oxygen atoms in total. The van der Waals surface area contributed by atoms with Crippen LogP contribution in [0.3, 0.4) is 0 Å². The Labute approximate surface area is 135 Å². The SMILES string of the molecule is Ic1ccc(Cc2cccnc2)c2oc3ccccc3c12. The smallest absolute Gasteiger partial charge is 0.140 e. The molecule has 0 aliphatic carbocycles. The maximum Gasteiger partial charge on any atom is 0.140 e. The topological polar surface area (TPSA) is 26.0 Å². The molecule has 2 heterocycles. The number of pyridine rings is 1. The minimum atomic E-state index is 0.834. The summed E-state index contributed by atoms with van der Waals surface area (Å²) in [5.41, 5.74) is 4.34. The van der Waals surface area contributed by atoms with Gasteiger partial charge in [0.05, 0.1) is 0 Å². The molecular formula is C18H12INO. The Balaban J connectivity index is 1.96. The molecule has 102 valence electrons. The number of furan rings is 1. The second kappa shape index (κ2) is 5.15. The molecule has 0 fully saturated rings. The van der Waals surface area contributed by atoms with Crippen LogP contribution in [0.5, 0.6) is 0 Å². The largest absolute Gasteiger partial charge is 0.456 e. The average molecular weight is 385 g/mol. The van der Waals surface area contributed by atoms with Gasteiger partial charge in [-0.2, -0.15) is 0 Å². The molecule has 0 N–H and O–H groups in total. The summed E-state index contributed by atoms with van der Waals surface area (Å²) in [7, 11) is 0. The maximum absolute atomic E-state index is 6.11. The Bertz CT molecular complexity index is 928. The summed E-state index contributed by atoms with van der Waals surface area (Å²) in [5.74, 6) is 0. The summed E-state index contributed by atoms with van der Waals surface area (Å²) < 4.78 is 7.34. The molecule has 2 aromatic carbocycles. The lowest BCUT2D eigenvalue weighted by molar-refractivity contribution is 0.664. The van der Waals surface area contributed by atoms with Crippen molar-refractivity contribution >= 4 is 44.5 Å². The van der Waals surface area contributed by atoms with Crippen molar-refractivity contribution in [2.75, 3.05) is 0 Å².